The average molecular weight is 157 g/mol. The molecule has 0 rings (SSSR count). The Morgan fingerprint density at radius 3 is 2.55 bits per heavy atom. The van der Waals surface area contributed by atoms with Crippen LogP contribution in [0.2, 0.25) is 0 Å². The van der Waals surface area contributed by atoms with E-state index in [-0.39, 0.29) is 0 Å². The summed E-state index contributed by atoms with van der Waals surface area (Å²) < 4.78 is 0. The Bertz CT molecular complexity index is 105. The molecule has 0 fully saturated rings. The van der Waals surface area contributed by atoms with Crippen molar-refractivity contribution in [3.63, 3.8) is 0 Å². The van der Waals surface area contributed by atoms with Gasteiger partial charge >= 0.3 is 0 Å². The van der Waals surface area contributed by atoms with E-state index in [1.165, 1.54) is 0 Å². The highest BCUT2D eigenvalue weighted by atomic mass is 16.3. The van der Waals surface area contributed by atoms with Crippen molar-refractivity contribution in [1.82, 2.24) is 5.32 Å². The molecule has 0 saturated carbocycles. The molecule has 2 heteroatoms. The summed E-state index contributed by atoms with van der Waals surface area (Å²) in [7, 11) is 0. The highest BCUT2D eigenvalue weighted by Crippen LogP contribution is 2.04. The summed E-state index contributed by atoms with van der Waals surface area (Å²) in [6, 6.07) is 0. The van der Waals surface area contributed by atoms with Crippen LogP contribution in [0.4, 0.5) is 0 Å². The van der Waals surface area contributed by atoms with Gasteiger partial charge in [-0.25, -0.2) is 0 Å². The summed E-state index contributed by atoms with van der Waals surface area (Å²) in [4.78, 5) is 0. The Morgan fingerprint density at radius 2 is 2.09 bits per heavy atom. The third-order valence-corrected chi connectivity index (χ3v) is 1.44. The van der Waals surface area contributed by atoms with E-state index in [0.717, 1.165) is 25.9 Å². The van der Waals surface area contributed by atoms with Crippen molar-refractivity contribution < 1.29 is 5.11 Å². The van der Waals surface area contributed by atoms with Gasteiger partial charge in [0.15, 0.2) is 0 Å². The van der Waals surface area contributed by atoms with Crippen molar-refractivity contribution in [3.05, 3.63) is 12.7 Å². The van der Waals surface area contributed by atoms with Gasteiger partial charge in [0.05, 0.1) is 5.60 Å². The number of hydrogen-bond donors (Lipinski definition) is 2. The molecule has 0 aromatic carbocycles. The molecule has 0 aromatic rings. The highest BCUT2D eigenvalue weighted by Gasteiger charge is 2.10. The third kappa shape index (κ3) is 9.66. The van der Waals surface area contributed by atoms with Gasteiger partial charge in [-0.05, 0) is 39.8 Å². The lowest BCUT2D eigenvalue weighted by atomic mass is 10.1. The average Bonchev–Trinajstić information content (AvgIpc) is 1.85. The monoisotopic (exact) mass is 157 g/mol. The van der Waals surface area contributed by atoms with Crippen LogP contribution < -0.4 is 5.32 Å². The molecular weight excluding hydrogens is 138 g/mol. The molecule has 0 heterocycles. The minimum absolute atomic E-state index is 0.540. The van der Waals surface area contributed by atoms with Crippen LogP contribution in [0.3, 0.4) is 0 Å². The topological polar surface area (TPSA) is 32.3 Å². The van der Waals surface area contributed by atoms with Gasteiger partial charge in [-0.3, -0.25) is 0 Å². The second-order valence-corrected chi connectivity index (χ2v) is 3.39. The lowest BCUT2D eigenvalue weighted by Crippen LogP contribution is -2.27. The molecule has 2 N–H and O–H groups in total. The predicted molar refractivity (Wildman–Crippen MR) is 48.6 cm³/mol. The molecule has 0 unspecified atom stereocenters. The van der Waals surface area contributed by atoms with Gasteiger partial charge in [-0.2, -0.15) is 0 Å². The molecule has 0 amide bonds. The first-order valence-corrected chi connectivity index (χ1v) is 4.10. The fourth-order valence-corrected chi connectivity index (χ4v) is 0.723. The molecule has 0 radical (unpaired) electrons. The normalized spacial score (nSPS) is 11.5. The summed E-state index contributed by atoms with van der Waals surface area (Å²) in [5.74, 6) is 0. The second kappa shape index (κ2) is 5.33. The molecule has 0 atom stereocenters. The molecule has 11 heavy (non-hydrogen) atoms. The molecule has 0 aliphatic carbocycles. The maximum Gasteiger partial charge on any atom is 0.0603 e. The van der Waals surface area contributed by atoms with Crippen molar-refractivity contribution in [2.24, 2.45) is 0 Å². The molecule has 0 aliphatic rings. The summed E-state index contributed by atoms with van der Waals surface area (Å²) in [6.07, 6.45) is 3.67. The lowest BCUT2D eigenvalue weighted by Gasteiger charge is -2.16. The Hall–Kier alpha value is -0.340. The Labute approximate surface area is 69.3 Å². The van der Waals surface area contributed by atoms with Crippen LogP contribution in [0, 0.1) is 0 Å². The van der Waals surface area contributed by atoms with Crippen LogP contribution in [-0.4, -0.2) is 23.8 Å². The van der Waals surface area contributed by atoms with E-state index in [4.69, 9.17) is 0 Å². The van der Waals surface area contributed by atoms with Gasteiger partial charge in [0.2, 0.25) is 0 Å². The van der Waals surface area contributed by atoms with E-state index in [1.54, 1.807) is 0 Å². The van der Waals surface area contributed by atoms with Gasteiger partial charge in [-0.1, -0.05) is 6.08 Å². The number of nitrogens with one attached hydrogen (secondary N) is 1. The predicted octanol–water partition coefficient (Wildman–Crippen LogP) is 1.31. The standard InChI is InChI=1S/C9H19NO/c1-4-5-7-10-8-6-9(2,3)11/h4,10-11H,1,5-8H2,2-3H3. The Morgan fingerprint density at radius 1 is 1.45 bits per heavy atom. The van der Waals surface area contributed by atoms with Gasteiger partial charge in [0.25, 0.3) is 0 Å². The number of hydrogen-bond acceptors (Lipinski definition) is 2. The minimum Gasteiger partial charge on any atom is -0.390 e. The fraction of sp³-hybridized carbons (Fsp3) is 0.778. The van der Waals surface area contributed by atoms with E-state index >= 15 is 0 Å². The molecule has 0 bridgehead atoms. The third-order valence-electron chi connectivity index (χ3n) is 1.44. The largest absolute Gasteiger partial charge is 0.390 e. The van der Waals surface area contributed by atoms with E-state index in [9.17, 15) is 5.11 Å². The van der Waals surface area contributed by atoms with Crippen molar-refractivity contribution in [2.45, 2.75) is 32.3 Å². The quantitative estimate of drug-likeness (QED) is 0.450. The SMILES string of the molecule is C=CCCNCCC(C)(C)O. The van der Waals surface area contributed by atoms with Crippen LogP contribution in [-0.2, 0) is 0 Å². The first kappa shape index (κ1) is 10.7. The van der Waals surface area contributed by atoms with Gasteiger partial charge in [-0.15, -0.1) is 6.58 Å². The summed E-state index contributed by atoms with van der Waals surface area (Å²) in [6.45, 7) is 9.09. The molecular formula is C9H19NO. The number of rotatable bonds is 6. The van der Waals surface area contributed by atoms with Crippen molar-refractivity contribution in [3.8, 4) is 0 Å². The molecule has 0 spiro atoms. The Kier molecular flexibility index (Phi) is 5.16. The maximum absolute atomic E-state index is 9.31. The number of aliphatic hydroxyl groups is 1. The van der Waals surface area contributed by atoms with Crippen LogP contribution >= 0.6 is 0 Å². The summed E-state index contributed by atoms with van der Waals surface area (Å²) >= 11 is 0. The van der Waals surface area contributed by atoms with E-state index < -0.39 is 5.60 Å². The highest BCUT2D eigenvalue weighted by molar-refractivity contribution is 4.69. The minimum atomic E-state index is -0.540. The van der Waals surface area contributed by atoms with Crippen LogP contribution in [0.15, 0.2) is 12.7 Å². The molecule has 0 aromatic heterocycles. The van der Waals surface area contributed by atoms with Crippen LogP contribution in [0.1, 0.15) is 26.7 Å². The van der Waals surface area contributed by atoms with Crippen molar-refractivity contribution >= 4 is 0 Å². The second-order valence-electron chi connectivity index (χ2n) is 3.39. The smallest absolute Gasteiger partial charge is 0.0603 e. The zero-order valence-electron chi connectivity index (χ0n) is 7.56. The lowest BCUT2D eigenvalue weighted by molar-refractivity contribution is 0.0713. The Balaban J connectivity index is 3.08. The van der Waals surface area contributed by atoms with Crippen LogP contribution in [0.5, 0.6) is 0 Å². The first-order valence-electron chi connectivity index (χ1n) is 4.10. The van der Waals surface area contributed by atoms with Gasteiger partial charge in [0.1, 0.15) is 0 Å². The summed E-state index contributed by atoms with van der Waals surface area (Å²) in [5.41, 5.74) is -0.540. The summed E-state index contributed by atoms with van der Waals surface area (Å²) in [5, 5.41) is 12.5. The van der Waals surface area contributed by atoms with Crippen molar-refractivity contribution in [1.29, 1.82) is 0 Å². The van der Waals surface area contributed by atoms with Crippen LogP contribution in [0.25, 0.3) is 0 Å². The van der Waals surface area contributed by atoms with Gasteiger partial charge in [0, 0.05) is 0 Å². The molecule has 2 nitrogen and oxygen atoms in total. The molecule has 66 valence electrons. The maximum atomic E-state index is 9.31. The fourth-order valence-electron chi connectivity index (χ4n) is 0.723. The van der Waals surface area contributed by atoms with E-state index in [2.05, 4.69) is 11.9 Å². The van der Waals surface area contributed by atoms with Crippen molar-refractivity contribution in [2.75, 3.05) is 13.1 Å². The first-order chi connectivity index (χ1) is 5.06. The zero-order valence-corrected chi connectivity index (χ0v) is 7.56. The van der Waals surface area contributed by atoms with Gasteiger partial charge < -0.3 is 10.4 Å². The zero-order chi connectivity index (χ0) is 8.74. The molecule has 0 saturated heterocycles. The molecule has 0 aliphatic heterocycles. The van der Waals surface area contributed by atoms with E-state index in [1.807, 2.05) is 19.9 Å². The van der Waals surface area contributed by atoms with E-state index in [0.29, 0.717) is 0 Å².